The summed E-state index contributed by atoms with van der Waals surface area (Å²) in [6.45, 7) is 2.68. The van der Waals surface area contributed by atoms with Crippen LogP contribution in [0, 0.1) is 9.39 Å². The van der Waals surface area contributed by atoms with Crippen molar-refractivity contribution in [3.63, 3.8) is 0 Å². The number of esters is 1. The molecule has 0 aliphatic carbocycles. The van der Waals surface area contributed by atoms with E-state index >= 15 is 0 Å². The van der Waals surface area contributed by atoms with Gasteiger partial charge in [-0.3, -0.25) is 0 Å². The van der Waals surface area contributed by atoms with E-state index in [1.54, 1.807) is 30.3 Å². The van der Waals surface area contributed by atoms with Gasteiger partial charge in [0.25, 0.3) is 0 Å². The van der Waals surface area contributed by atoms with Gasteiger partial charge in [0, 0.05) is 3.57 Å². The Morgan fingerprint density at radius 3 is 2.70 bits per heavy atom. The fourth-order valence-electron chi connectivity index (χ4n) is 3.17. The van der Waals surface area contributed by atoms with Crippen LogP contribution < -0.4 is 9.47 Å². The van der Waals surface area contributed by atoms with Crippen LogP contribution in [0.3, 0.4) is 0 Å². The van der Waals surface area contributed by atoms with Gasteiger partial charge in [0.05, 0.1) is 16.6 Å². The first kappa shape index (κ1) is 23.4. The number of rotatable bonds is 7. The van der Waals surface area contributed by atoms with E-state index in [9.17, 15) is 9.18 Å². The molecule has 0 spiro atoms. The predicted molar refractivity (Wildman–Crippen MR) is 136 cm³/mol. The van der Waals surface area contributed by atoms with Crippen LogP contribution in [0.5, 0.6) is 11.5 Å². The Kier molecular flexibility index (Phi) is 7.44. The molecule has 5 nitrogen and oxygen atoms in total. The molecule has 3 aromatic rings. The monoisotopic (exact) mass is 621 g/mol. The maximum atomic E-state index is 14.0. The number of ether oxygens (including phenoxy) is 3. The second kappa shape index (κ2) is 10.5. The normalized spacial score (nSPS) is 14.2. The highest BCUT2D eigenvalue weighted by Gasteiger charge is 2.26. The number of halogens is 3. The maximum absolute atomic E-state index is 14.0. The van der Waals surface area contributed by atoms with Crippen LogP contribution in [0.1, 0.15) is 23.6 Å². The molecule has 0 radical (unpaired) electrons. The SMILES string of the molecule is CCOc1cc(/C=C2\N=C(c3ccccc3F)OC2=O)cc(Br)c1OCc1cccc(I)c1. The Labute approximate surface area is 212 Å². The molecule has 33 heavy (non-hydrogen) atoms. The number of aliphatic imine (C=N–C) groups is 1. The summed E-state index contributed by atoms with van der Waals surface area (Å²) in [6.07, 6.45) is 1.56. The third-order valence-electron chi connectivity index (χ3n) is 4.63. The molecule has 0 aromatic heterocycles. The van der Waals surface area contributed by atoms with Crippen LogP contribution in [0.4, 0.5) is 4.39 Å². The quantitative estimate of drug-likeness (QED) is 0.171. The zero-order valence-corrected chi connectivity index (χ0v) is 21.2. The lowest BCUT2D eigenvalue weighted by Crippen LogP contribution is -2.07. The molecule has 0 amide bonds. The van der Waals surface area contributed by atoms with Crippen molar-refractivity contribution in [2.24, 2.45) is 4.99 Å². The van der Waals surface area contributed by atoms with Crippen molar-refractivity contribution in [2.75, 3.05) is 6.61 Å². The molecule has 0 saturated carbocycles. The van der Waals surface area contributed by atoms with E-state index in [1.165, 1.54) is 12.1 Å². The van der Waals surface area contributed by atoms with Crippen LogP contribution in [0.15, 0.2) is 75.8 Å². The van der Waals surface area contributed by atoms with Crippen molar-refractivity contribution in [3.05, 3.63) is 96.9 Å². The van der Waals surface area contributed by atoms with Gasteiger partial charge < -0.3 is 14.2 Å². The summed E-state index contributed by atoms with van der Waals surface area (Å²) >= 11 is 5.80. The van der Waals surface area contributed by atoms with E-state index in [0.717, 1.165) is 9.13 Å². The molecule has 0 saturated heterocycles. The van der Waals surface area contributed by atoms with E-state index in [4.69, 9.17) is 14.2 Å². The van der Waals surface area contributed by atoms with Crippen LogP contribution in [-0.2, 0) is 16.1 Å². The average molecular weight is 622 g/mol. The fourth-order valence-corrected chi connectivity index (χ4v) is 4.36. The van der Waals surface area contributed by atoms with E-state index in [1.807, 2.05) is 31.2 Å². The summed E-state index contributed by atoms with van der Waals surface area (Å²) in [5.41, 5.74) is 1.88. The van der Waals surface area contributed by atoms with E-state index in [2.05, 4.69) is 43.5 Å². The van der Waals surface area contributed by atoms with Crippen LogP contribution in [0.25, 0.3) is 6.08 Å². The lowest BCUT2D eigenvalue weighted by molar-refractivity contribution is -0.129. The van der Waals surface area contributed by atoms with Gasteiger partial charge in [0.1, 0.15) is 12.4 Å². The maximum Gasteiger partial charge on any atom is 0.363 e. The van der Waals surface area contributed by atoms with Gasteiger partial charge in [-0.25, -0.2) is 14.2 Å². The smallest absolute Gasteiger partial charge is 0.363 e. The van der Waals surface area contributed by atoms with Gasteiger partial charge in [-0.1, -0.05) is 24.3 Å². The molecule has 0 bridgehead atoms. The van der Waals surface area contributed by atoms with Crippen LogP contribution in [0.2, 0.25) is 0 Å². The zero-order chi connectivity index (χ0) is 23.4. The Hall–Kier alpha value is -2.72. The molecule has 0 fully saturated rings. The summed E-state index contributed by atoms with van der Waals surface area (Å²) in [5, 5.41) is 0. The fraction of sp³-hybridized carbons (Fsp3) is 0.120. The molecule has 1 aliphatic rings. The number of benzene rings is 3. The van der Waals surface area contributed by atoms with Crippen LogP contribution >= 0.6 is 38.5 Å². The lowest BCUT2D eigenvalue weighted by atomic mass is 10.1. The molecule has 168 valence electrons. The summed E-state index contributed by atoms with van der Waals surface area (Å²) in [5.74, 6) is -0.148. The van der Waals surface area contributed by atoms with Gasteiger partial charge in [-0.15, -0.1) is 0 Å². The molecular formula is C25H18BrFINO4. The number of carbonyl (C=O) groups excluding carboxylic acids is 1. The molecule has 3 aromatic carbocycles. The molecule has 0 atom stereocenters. The summed E-state index contributed by atoms with van der Waals surface area (Å²) in [6, 6.07) is 17.6. The zero-order valence-electron chi connectivity index (χ0n) is 17.5. The van der Waals surface area contributed by atoms with Crippen molar-refractivity contribution < 1.29 is 23.4 Å². The minimum atomic E-state index is -0.652. The molecule has 0 N–H and O–H groups in total. The van der Waals surface area contributed by atoms with E-state index in [-0.39, 0.29) is 17.2 Å². The number of hydrogen-bond donors (Lipinski definition) is 0. The molecule has 8 heteroatoms. The van der Waals surface area contributed by atoms with Crippen molar-refractivity contribution >= 4 is 56.5 Å². The van der Waals surface area contributed by atoms with Gasteiger partial charge in [0.15, 0.2) is 17.2 Å². The Balaban J connectivity index is 1.62. The Morgan fingerprint density at radius 2 is 1.94 bits per heavy atom. The largest absolute Gasteiger partial charge is 0.490 e. The average Bonchev–Trinajstić information content (AvgIpc) is 3.13. The standard InChI is InChI=1S/C25H18BrFINO4/c1-2-31-22-13-16(11-19(26)23(22)32-14-15-6-5-7-17(28)10-15)12-21-25(30)33-24(29-21)18-8-3-4-9-20(18)27/h3-13H,2,14H2,1H3/b21-12-. The summed E-state index contributed by atoms with van der Waals surface area (Å²) < 4.78 is 32.8. The topological polar surface area (TPSA) is 57.1 Å². The number of carbonyl (C=O) groups is 1. The second-order valence-corrected chi connectivity index (χ2v) is 9.10. The Bertz CT molecular complexity index is 1280. The first-order valence-corrected chi connectivity index (χ1v) is 11.9. The molecular weight excluding hydrogens is 604 g/mol. The Morgan fingerprint density at radius 1 is 1.12 bits per heavy atom. The third kappa shape index (κ3) is 5.62. The minimum Gasteiger partial charge on any atom is -0.490 e. The molecule has 4 rings (SSSR count). The molecule has 1 heterocycles. The predicted octanol–water partition coefficient (Wildman–Crippen LogP) is 6.52. The van der Waals surface area contributed by atoms with E-state index in [0.29, 0.717) is 34.7 Å². The van der Waals surface area contributed by atoms with Crippen LogP contribution in [-0.4, -0.2) is 18.5 Å². The first-order valence-electron chi connectivity index (χ1n) is 10.1. The highest BCUT2D eigenvalue weighted by atomic mass is 127. The highest BCUT2D eigenvalue weighted by Crippen LogP contribution is 2.38. The van der Waals surface area contributed by atoms with Gasteiger partial charge in [0.2, 0.25) is 5.90 Å². The lowest BCUT2D eigenvalue weighted by Gasteiger charge is -2.15. The molecule has 0 unspecified atom stereocenters. The molecule has 1 aliphatic heterocycles. The third-order valence-corrected chi connectivity index (χ3v) is 5.89. The van der Waals surface area contributed by atoms with Gasteiger partial charge >= 0.3 is 5.97 Å². The van der Waals surface area contributed by atoms with Crippen molar-refractivity contribution in [1.82, 2.24) is 0 Å². The first-order chi connectivity index (χ1) is 15.9. The minimum absolute atomic E-state index is 0.0640. The van der Waals surface area contributed by atoms with Crippen molar-refractivity contribution in [1.29, 1.82) is 0 Å². The van der Waals surface area contributed by atoms with Gasteiger partial charge in [-0.05, 0) is 99.0 Å². The van der Waals surface area contributed by atoms with Crippen molar-refractivity contribution in [2.45, 2.75) is 13.5 Å². The highest BCUT2D eigenvalue weighted by molar-refractivity contribution is 14.1. The number of hydrogen-bond acceptors (Lipinski definition) is 5. The number of nitrogens with zero attached hydrogens (tertiary/aromatic N) is 1. The van der Waals surface area contributed by atoms with Crippen molar-refractivity contribution in [3.8, 4) is 11.5 Å². The summed E-state index contributed by atoms with van der Waals surface area (Å²) in [7, 11) is 0. The van der Waals surface area contributed by atoms with Gasteiger partial charge in [-0.2, -0.15) is 0 Å². The van der Waals surface area contributed by atoms with E-state index < -0.39 is 11.8 Å². The summed E-state index contributed by atoms with van der Waals surface area (Å²) in [4.78, 5) is 16.5. The second-order valence-electron chi connectivity index (χ2n) is 7.00. The number of cyclic esters (lactones) is 1.